The summed E-state index contributed by atoms with van der Waals surface area (Å²) >= 11 is 0. The van der Waals surface area contributed by atoms with Gasteiger partial charge >= 0.3 is 0 Å². The van der Waals surface area contributed by atoms with E-state index in [-0.39, 0.29) is 18.7 Å². The molecule has 0 saturated heterocycles. The van der Waals surface area contributed by atoms with Crippen LogP contribution in [0.1, 0.15) is 37.1 Å². The zero-order chi connectivity index (χ0) is 17.9. The maximum Gasteiger partial charge on any atom is 0.233 e. The van der Waals surface area contributed by atoms with Crippen LogP contribution in [0.2, 0.25) is 0 Å². The van der Waals surface area contributed by atoms with Crippen LogP contribution in [0.5, 0.6) is 11.5 Å². The van der Waals surface area contributed by atoms with Gasteiger partial charge in [0.05, 0.1) is 11.7 Å². The molecule has 1 aliphatic heterocycles. The second-order valence-electron chi connectivity index (χ2n) is 6.21. The number of nitrogens with zero attached hydrogens (tertiary/aromatic N) is 3. The maximum atomic E-state index is 12.4. The third-order valence-electron chi connectivity index (χ3n) is 4.43. The third kappa shape index (κ3) is 3.33. The first-order valence-electron chi connectivity index (χ1n) is 8.70. The van der Waals surface area contributed by atoms with Crippen molar-refractivity contribution in [3.63, 3.8) is 0 Å². The summed E-state index contributed by atoms with van der Waals surface area (Å²) in [5, 5.41) is 3.07. The van der Waals surface area contributed by atoms with E-state index in [2.05, 4.69) is 15.3 Å². The Hall–Kier alpha value is -3.09. The summed E-state index contributed by atoms with van der Waals surface area (Å²) in [5.74, 6) is 2.13. The van der Waals surface area contributed by atoms with Crippen LogP contribution in [0.15, 0.2) is 42.9 Å². The molecule has 3 aromatic rings. The number of benzene rings is 1. The van der Waals surface area contributed by atoms with E-state index in [0.29, 0.717) is 18.6 Å². The first-order valence-corrected chi connectivity index (χ1v) is 8.70. The molecule has 1 N–H and O–H groups in total. The number of aryl methyl sites for hydroxylation is 1. The van der Waals surface area contributed by atoms with Gasteiger partial charge in [0.15, 0.2) is 11.5 Å². The molecule has 7 heteroatoms. The number of carbonyl (C=O) groups excluding carboxylic acids is 1. The van der Waals surface area contributed by atoms with Crippen molar-refractivity contribution in [2.24, 2.45) is 0 Å². The molecule has 3 heterocycles. The van der Waals surface area contributed by atoms with Gasteiger partial charge in [-0.15, -0.1) is 0 Å². The standard InChI is InChI=1S/C19H20N4O3/c1-2-14(15-11-23-9-3-8-20-19(23)22-15)21-18(24)7-5-13-4-6-16-17(10-13)26-12-25-16/h3-4,6,8-11,14H,2,5,7,12H2,1H3,(H,21,24)/t14-/m0/s1. The molecule has 2 aromatic heterocycles. The highest BCUT2D eigenvalue weighted by Gasteiger charge is 2.17. The number of rotatable bonds is 6. The normalized spacial score (nSPS) is 13.7. The molecule has 0 spiro atoms. The van der Waals surface area contributed by atoms with Gasteiger partial charge < -0.3 is 14.8 Å². The number of imidazole rings is 1. The quantitative estimate of drug-likeness (QED) is 0.738. The lowest BCUT2D eigenvalue weighted by atomic mass is 10.1. The zero-order valence-electron chi connectivity index (χ0n) is 14.5. The smallest absolute Gasteiger partial charge is 0.233 e. The van der Waals surface area contributed by atoms with Gasteiger partial charge in [0.25, 0.3) is 0 Å². The molecular formula is C19H20N4O3. The van der Waals surface area contributed by atoms with E-state index in [0.717, 1.165) is 29.2 Å². The Balaban J connectivity index is 1.38. The van der Waals surface area contributed by atoms with Crippen molar-refractivity contribution >= 4 is 11.7 Å². The zero-order valence-corrected chi connectivity index (χ0v) is 14.5. The summed E-state index contributed by atoms with van der Waals surface area (Å²) in [4.78, 5) is 21.1. The number of ether oxygens (including phenoxy) is 2. The average molecular weight is 352 g/mol. The van der Waals surface area contributed by atoms with Crippen molar-refractivity contribution < 1.29 is 14.3 Å². The lowest BCUT2D eigenvalue weighted by Crippen LogP contribution is -2.28. The predicted molar refractivity (Wildman–Crippen MR) is 95.0 cm³/mol. The number of fused-ring (bicyclic) bond motifs is 2. The molecule has 134 valence electrons. The van der Waals surface area contributed by atoms with E-state index in [9.17, 15) is 4.79 Å². The molecule has 0 fully saturated rings. The van der Waals surface area contributed by atoms with Crippen molar-refractivity contribution in [1.29, 1.82) is 0 Å². The minimum atomic E-state index is -0.124. The van der Waals surface area contributed by atoms with Crippen molar-refractivity contribution in [2.45, 2.75) is 32.2 Å². The maximum absolute atomic E-state index is 12.4. The molecule has 1 atom stereocenters. The first kappa shape index (κ1) is 16.4. The lowest BCUT2D eigenvalue weighted by Gasteiger charge is -2.14. The molecule has 0 radical (unpaired) electrons. The molecule has 7 nitrogen and oxygen atoms in total. The van der Waals surface area contributed by atoms with E-state index in [1.54, 1.807) is 6.20 Å². The van der Waals surface area contributed by atoms with Gasteiger partial charge in [-0.05, 0) is 36.6 Å². The molecule has 1 aliphatic rings. The number of hydrogen-bond donors (Lipinski definition) is 1. The van der Waals surface area contributed by atoms with Crippen LogP contribution in [-0.2, 0) is 11.2 Å². The molecule has 1 aromatic carbocycles. The Morgan fingerprint density at radius 1 is 1.35 bits per heavy atom. The number of nitrogens with one attached hydrogen (secondary N) is 1. The number of hydrogen-bond acceptors (Lipinski definition) is 5. The summed E-state index contributed by atoms with van der Waals surface area (Å²) in [6.07, 6.45) is 7.33. The van der Waals surface area contributed by atoms with Crippen LogP contribution in [0.25, 0.3) is 5.78 Å². The van der Waals surface area contributed by atoms with Crippen LogP contribution < -0.4 is 14.8 Å². The van der Waals surface area contributed by atoms with Gasteiger partial charge in [0.1, 0.15) is 0 Å². The van der Waals surface area contributed by atoms with Gasteiger partial charge in [-0.25, -0.2) is 9.97 Å². The summed E-state index contributed by atoms with van der Waals surface area (Å²) in [6, 6.07) is 7.50. The molecule has 1 amide bonds. The topological polar surface area (TPSA) is 77.8 Å². The van der Waals surface area contributed by atoms with E-state index in [4.69, 9.17) is 9.47 Å². The van der Waals surface area contributed by atoms with Crippen molar-refractivity contribution in [3.8, 4) is 11.5 Å². The minimum Gasteiger partial charge on any atom is -0.454 e. The van der Waals surface area contributed by atoms with E-state index in [1.165, 1.54) is 0 Å². The van der Waals surface area contributed by atoms with E-state index >= 15 is 0 Å². The molecule has 0 aliphatic carbocycles. The summed E-state index contributed by atoms with van der Waals surface area (Å²) in [7, 11) is 0. The van der Waals surface area contributed by atoms with E-state index in [1.807, 2.05) is 48.0 Å². The highest BCUT2D eigenvalue weighted by atomic mass is 16.7. The Labute approximate surface area is 151 Å². The monoisotopic (exact) mass is 352 g/mol. The van der Waals surface area contributed by atoms with Crippen LogP contribution in [-0.4, -0.2) is 27.1 Å². The van der Waals surface area contributed by atoms with Crippen molar-refractivity contribution in [1.82, 2.24) is 19.7 Å². The number of amides is 1. The Morgan fingerprint density at radius 3 is 3.08 bits per heavy atom. The molecule has 26 heavy (non-hydrogen) atoms. The highest BCUT2D eigenvalue weighted by molar-refractivity contribution is 5.76. The summed E-state index contributed by atoms with van der Waals surface area (Å²) in [6.45, 7) is 2.28. The van der Waals surface area contributed by atoms with Gasteiger partial charge in [-0.1, -0.05) is 13.0 Å². The van der Waals surface area contributed by atoms with Crippen LogP contribution in [0.3, 0.4) is 0 Å². The molecular weight excluding hydrogens is 332 g/mol. The second kappa shape index (κ2) is 7.03. The Morgan fingerprint density at radius 2 is 2.23 bits per heavy atom. The molecule has 0 saturated carbocycles. The fourth-order valence-corrected chi connectivity index (χ4v) is 3.02. The van der Waals surface area contributed by atoms with Crippen molar-refractivity contribution in [2.75, 3.05) is 6.79 Å². The SMILES string of the molecule is CC[C@H](NC(=O)CCc1ccc2c(c1)OCO2)c1cn2cccnc2n1. The van der Waals surface area contributed by atoms with Gasteiger partial charge in [0.2, 0.25) is 18.5 Å². The number of aromatic nitrogens is 3. The predicted octanol–water partition coefficient (Wildman–Crippen LogP) is 2.66. The fourth-order valence-electron chi connectivity index (χ4n) is 3.02. The first-order chi connectivity index (χ1) is 12.7. The lowest BCUT2D eigenvalue weighted by molar-refractivity contribution is -0.121. The second-order valence-corrected chi connectivity index (χ2v) is 6.21. The average Bonchev–Trinajstić information content (AvgIpc) is 3.30. The minimum absolute atomic E-state index is 0.000433. The van der Waals surface area contributed by atoms with Crippen molar-refractivity contribution in [3.05, 3.63) is 54.1 Å². The number of carbonyl (C=O) groups is 1. The summed E-state index contributed by atoms with van der Waals surface area (Å²) < 4.78 is 12.5. The Kier molecular flexibility index (Phi) is 4.43. The fraction of sp³-hybridized carbons (Fsp3) is 0.316. The van der Waals surface area contributed by atoms with Gasteiger partial charge in [-0.3, -0.25) is 9.20 Å². The van der Waals surface area contributed by atoms with Crippen LogP contribution in [0.4, 0.5) is 0 Å². The molecule has 0 bridgehead atoms. The van der Waals surface area contributed by atoms with Crippen LogP contribution >= 0.6 is 0 Å². The Bertz CT molecular complexity index is 904. The van der Waals surface area contributed by atoms with Gasteiger partial charge in [0, 0.05) is 25.0 Å². The third-order valence-corrected chi connectivity index (χ3v) is 4.43. The largest absolute Gasteiger partial charge is 0.454 e. The highest BCUT2D eigenvalue weighted by Crippen LogP contribution is 2.32. The molecule has 4 rings (SSSR count). The van der Waals surface area contributed by atoms with E-state index < -0.39 is 0 Å². The molecule has 0 unspecified atom stereocenters. The van der Waals surface area contributed by atoms with Crippen LogP contribution in [0, 0.1) is 0 Å². The van der Waals surface area contributed by atoms with Gasteiger partial charge in [-0.2, -0.15) is 0 Å². The summed E-state index contributed by atoms with van der Waals surface area (Å²) in [5.41, 5.74) is 1.87.